The second-order valence-electron chi connectivity index (χ2n) is 6.60. The fraction of sp³-hybridized carbons (Fsp3) is 1.00. The van der Waals surface area contributed by atoms with Gasteiger partial charge in [0.1, 0.15) is 0 Å². The second-order valence-corrected chi connectivity index (χ2v) is 6.60. The van der Waals surface area contributed by atoms with Gasteiger partial charge in [0.05, 0.1) is 11.2 Å². The number of hydrogen-bond donors (Lipinski definition) is 0. The minimum Gasteiger partial charge on any atom is -0.230 e. The SMILES string of the molecule is CCCCCC(C)(C)OOC(C)(C)CCCCC. The van der Waals surface area contributed by atoms with Crippen molar-refractivity contribution in [2.75, 3.05) is 0 Å². The standard InChI is InChI=1S/C16H34O2/c1-7-9-11-13-15(3,4)17-18-16(5,6)14-12-10-8-2/h7-14H2,1-6H3. The molecular weight excluding hydrogens is 224 g/mol. The van der Waals surface area contributed by atoms with Crippen LogP contribution in [0, 0.1) is 0 Å². The first-order valence-corrected chi connectivity index (χ1v) is 7.70. The molecule has 0 fully saturated rings. The summed E-state index contributed by atoms with van der Waals surface area (Å²) in [6, 6.07) is 0. The van der Waals surface area contributed by atoms with Crippen LogP contribution in [0.15, 0.2) is 0 Å². The zero-order valence-corrected chi connectivity index (χ0v) is 13.5. The van der Waals surface area contributed by atoms with Crippen molar-refractivity contribution >= 4 is 0 Å². The second kappa shape index (κ2) is 8.92. The van der Waals surface area contributed by atoms with Crippen molar-refractivity contribution < 1.29 is 9.78 Å². The number of unbranched alkanes of at least 4 members (excludes halogenated alkanes) is 4. The van der Waals surface area contributed by atoms with Gasteiger partial charge < -0.3 is 0 Å². The molecule has 2 nitrogen and oxygen atoms in total. The van der Waals surface area contributed by atoms with E-state index in [0.717, 1.165) is 12.8 Å². The third kappa shape index (κ3) is 9.90. The summed E-state index contributed by atoms with van der Waals surface area (Å²) in [5.74, 6) is 0. The molecule has 2 heteroatoms. The highest BCUT2D eigenvalue weighted by atomic mass is 17.2. The molecule has 0 unspecified atom stereocenters. The molecule has 0 saturated carbocycles. The van der Waals surface area contributed by atoms with Gasteiger partial charge in [-0.05, 0) is 40.5 Å². The lowest BCUT2D eigenvalue weighted by atomic mass is 10.0. The lowest BCUT2D eigenvalue weighted by Gasteiger charge is -2.30. The van der Waals surface area contributed by atoms with Crippen molar-refractivity contribution in [2.45, 2.75) is 104 Å². The van der Waals surface area contributed by atoms with E-state index in [4.69, 9.17) is 9.78 Å². The molecule has 0 aromatic carbocycles. The van der Waals surface area contributed by atoms with Gasteiger partial charge >= 0.3 is 0 Å². The summed E-state index contributed by atoms with van der Waals surface area (Å²) in [6.45, 7) is 12.9. The first-order chi connectivity index (χ1) is 8.33. The van der Waals surface area contributed by atoms with Gasteiger partial charge in [-0.25, -0.2) is 9.78 Å². The Morgan fingerprint density at radius 1 is 0.611 bits per heavy atom. The predicted octanol–water partition coefficient (Wildman–Crippen LogP) is 5.65. The molecule has 110 valence electrons. The maximum atomic E-state index is 5.67. The van der Waals surface area contributed by atoms with Crippen LogP contribution in [-0.4, -0.2) is 11.2 Å². The van der Waals surface area contributed by atoms with Gasteiger partial charge in [0.2, 0.25) is 0 Å². The maximum absolute atomic E-state index is 5.67. The molecule has 0 saturated heterocycles. The Morgan fingerprint density at radius 3 is 1.22 bits per heavy atom. The van der Waals surface area contributed by atoms with E-state index in [9.17, 15) is 0 Å². The molecule has 0 amide bonds. The fourth-order valence-corrected chi connectivity index (χ4v) is 1.91. The molecule has 18 heavy (non-hydrogen) atoms. The maximum Gasteiger partial charge on any atom is 0.0980 e. The summed E-state index contributed by atoms with van der Waals surface area (Å²) in [5, 5.41) is 0. The Kier molecular flexibility index (Phi) is 8.89. The van der Waals surface area contributed by atoms with E-state index in [2.05, 4.69) is 41.5 Å². The van der Waals surface area contributed by atoms with Crippen molar-refractivity contribution in [1.29, 1.82) is 0 Å². The summed E-state index contributed by atoms with van der Waals surface area (Å²) in [4.78, 5) is 11.3. The van der Waals surface area contributed by atoms with Crippen molar-refractivity contribution in [3.63, 3.8) is 0 Å². The Balaban J connectivity index is 3.88. The van der Waals surface area contributed by atoms with Gasteiger partial charge in [-0.2, -0.15) is 0 Å². The molecule has 0 radical (unpaired) electrons. The average molecular weight is 258 g/mol. The van der Waals surface area contributed by atoms with Crippen LogP contribution in [0.4, 0.5) is 0 Å². The fourth-order valence-electron chi connectivity index (χ4n) is 1.91. The largest absolute Gasteiger partial charge is 0.230 e. The summed E-state index contributed by atoms with van der Waals surface area (Å²) >= 11 is 0. The molecule has 0 aliphatic carbocycles. The molecule has 0 spiro atoms. The lowest BCUT2D eigenvalue weighted by molar-refractivity contribution is -0.403. The summed E-state index contributed by atoms with van der Waals surface area (Å²) in [5.41, 5.74) is -0.339. The van der Waals surface area contributed by atoms with Crippen LogP contribution in [0.25, 0.3) is 0 Å². The normalized spacial score (nSPS) is 13.0. The summed E-state index contributed by atoms with van der Waals surface area (Å²) in [7, 11) is 0. The molecule has 0 rings (SSSR count). The van der Waals surface area contributed by atoms with Gasteiger partial charge in [0, 0.05) is 0 Å². The van der Waals surface area contributed by atoms with E-state index in [0.29, 0.717) is 0 Å². The van der Waals surface area contributed by atoms with Crippen molar-refractivity contribution in [3.05, 3.63) is 0 Å². The molecule has 0 N–H and O–H groups in total. The Labute approximate surface area is 114 Å². The Morgan fingerprint density at radius 2 is 0.944 bits per heavy atom. The van der Waals surface area contributed by atoms with Crippen LogP contribution in [-0.2, 0) is 9.78 Å². The summed E-state index contributed by atoms with van der Waals surface area (Å²) in [6.07, 6.45) is 9.59. The zero-order valence-electron chi connectivity index (χ0n) is 13.5. The van der Waals surface area contributed by atoms with E-state index >= 15 is 0 Å². The van der Waals surface area contributed by atoms with E-state index < -0.39 is 0 Å². The third-order valence-electron chi connectivity index (χ3n) is 3.26. The molecule has 0 aliphatic rings. The van der Waals surface area contributed by atoms with E-state index in [1.165, 1.54) is 38.5 Å². The van der Waals surface area contributed by atoms with Crippen LogP contribution in [0.5, 0.6) is 0 Å². The Hall–Kier alpha value is -0.0800. The van der Waals surface area contributed by atoms with Crippen molar-refractivity contribution in [3.8, 4) is 0 Å². The minimum atomic E-state index is -0.169. The summed E-state index contributed by atoms with van der Waals surface area (Å²) < 4.78 is 0. The first kappa shape index (κ1) is 17.9. The molecule has 0 aliphatic heterocycles. The highest BCUT2D eigenvalue weighted by Crippen LogP contribution is 2.25. The highest BCUT2D eigenvalue weighted by molar-refractivity contribution is 4.69. The van der Waals surface area contributed by atoms with Gasteiger partial charge in [-0.15, -0.1) is 0 Å². The average Bonchev–Trinajstić information content (AvgIpc) is 2.27. The zero-order chi connectivity index (χ0) is 14.1. The molecule has 0 aromatic rings. The Bertz CT molecular complexity index is 175. The monoisotopic (exact) mass is 258 g/mol. The molecule has 0 bridgehead atoms. The van der Waals surface area contributed by atoms with Crippen LogP contribution in [0.2, 0.25) is 0 Å². The quantitative estimate of drug-likeness (QED) is 0.271. The van der Waals surface area contributed by atoms with E-state index in [1.807, 2.05) is 0 Å². The van der Waals surface area contributed by atoms with Crippen LogP contribution in [0.1, 0.15) is 92.9 Å². The number of hydrogen-bond acceptors (Lipinski definition) is 2. The van der Waals surface area contributed by atoms with Gasteiger partial charge in [0.15, 0.2) is 0 Å². The molecular formula is C16H34O2. The molecule has 0 atom stereocenters. The third-order valence-corrected chi connectivity index (χ3v) is 3.26. The molecule has 0 aromatic heterocycles. The van der Waals surface area contributed by atoms with Crippen LogP contribution >= 0.6 is 0 Å². The minimum absolute atomic E-state index is 0.169. The van der Waals surface area contributed by atoms with Crippen molar-refractivity contribution in [2.24, 2.45) is 0 Å². The van der Waals surface area contributed by atoms with Gasteiger partial charge in [0.25, 0.3) is 0 Å². The van der Waals surface area contributed by atoms with Gasteiger partial charge in [-0.3, -0.25) is 0 Å². The van der Waals surface area contributed by atoms with E-state index in [1.54, 1.807) is 0 Å². The van der Waals surface area contributed by atoms with E-state index in [-0.39, 0.29) is 11.2 Å². The van der Waals surface area contributed by atoms with Crippen LogP contribution in [0.3, 0.4) is 0 Å². The topological polar surface area (TPSA) is 18.5 Å². The first-order valence-electron chi connectivity index (χ1n) is 7.70. The highest BCUT2D eigenvalue weighted by Gasteiger charge is 2.25. The number of rotatable bonds is 11. The van der Waals surface area contributed by atoms with Crippen molar-refractivity contribution in [1.82, 2.24) is 0 Å². The predicted molar refractivity (Wildman–Crippen MR) is 78.6 cm³/mol. The van der Waals surface area contributed by atoms with Crippen LogP contribution < -0.4 is 0 Å². The smallest absolute Gasteiger partial charge is 0.0980 e. The lowest BCUT2D eigenvalue weighted by Crippen LogP contribution is -2.32. The molecule has 0 heterocycles. The van der Waals surface area contributed by atoms with Gasteiger partial charge in [-0.1, -0.05) is 52.4 Å².